The summed E-state index contributed by atoms with van der Waals surface area (Å²) in [6, 6.07) is 13.8. The van der Waals surface area contributed by atoms with Crippen LogP contribution in [0.4, 0.5) is 0 Å². The zero-order chi connectivity index (χ0) is 20.1. The lowest BCUT2D eigenvalue weighted by atomic mass is 10.1. The Morgan fingerprint density at radius 2 is 1.61 bits per heavy atom. The summed E-state index contributed by atoms with van der Waals surface area (Å²) in [5.41, 5.74) is 7.14. The van der Waals surface area contributed by atoms with Gasteiger partial charge in [0.25, 0.3) is 5.91 Å². The van der Waals surface area contributed by atoms with Crippen molar-refractivity contribution in [1.82, 2.24) is 10.2 Å². The molecule has 1 fully saturated rings. The van der Waals surface area contributed by atoms with Gasteiger partial charge < -0.3 is 16.0 Å². The highest BCUT2D eigenvalue weighted by molar-refractivity contribution is 6.30. The molecular weight excluding hydrogens is 378 g/mol. The smallest absolute Gasteiger partial charge is 0.251 e. The van der Waals surface area contributed by atoms with E-state index in [9.17, 15) is 14.4 Å². The summed E-state index contributed by atoms with van der Waals surface area (Å²) in [7, 11) is 0. The van der Waals surface area contributed by atoms with Gasteiger partial charge in [-0.1, -0.05) is 23.7 Å². The normalized spacial score (nSPS) is 13.0. The Labute approximate surface area is 168 Å². The number of hydrogen-bond donors (Lipinski definition) is 2. The average molecular weight is 400 g/mol. The molecule has 3 N–H and O–H groups in total. The van der Waals surface area contributed by atoms with Gasteiger partial charge in [0.2, 0.25) is 11.8 Å². The molecule has 3 amide bonds. The number of carbonyl (C=O) groups is 3. The van der Waals surface area contributed by atoms with Crippen molar-refractivity contribution >= 4 is 29.3 Å². The third-order valence-corrected chi connectivity index (χ3v) is 4.88. The molecular formula is C21H22ClN3O3. The predicted molar refractivity (Wildman–Crippen MR) is 107 cm³/mol. The maximum Gasteiger partial charge on any atom is 0.251 e. The number of primary amides is 1. The molecule has 6 nitrogen and oxygen atoms in total. The van der Waals surface area contributed by atoms with Gasteiger partial charge in [-0.05, 0) is 54.8 Å². The Morgan fingerprint density at radius 1 is 1.00 bits per heavy atom. The lowest BCUT2D eigenvalue weighted by molar-refractivity contribution is -0.132. The minimum absolute atomic E-state index is 0.00196. The van der Waals surface area contributed by atoms with Crippen molar-refractivity contribution in [2.75, 3.05) is 6.54 Å². The molecule has 0 radical (unpaired) electrons. The van der Waals surface area contributed by atoms with Gasteiger partial charge in [0, 0.05) is 41.7 Å². The van der Waals surface area contributed by atoms with Gasteiger partial charge in [0.1, 0.15) is 0 Å². The van der Waals surface area contributed by atoms with Crippen LogP contribution in [0.5, 0.6) is 0 Å². The Bertz CT molecular complexity index is 861. The fourth-order valence-corrected chi connectivity index (χ4v) is 3.03. The van der Waals surface area contributed by atoms with E-state index in [-0.39, 0.29) is 30.8 Å². The largest absolute Gasteiger partial charge is 0.366 e. The molecule has 0 heterocycles. The van der Waals surface area contributed by atoms with Gasteiger partial charge in [-0.25, -0.2) is 0 Å². The first-order chi connectivity index (χ1) is 13.4. The van der Waals surface area contributed by atoms with E-state index in [1.165, 1.54) is 0 Å². The van der Waals surface area contributed by atoms with Crippen LogP contribution in [0.2, 0.25) is 5.02 Å². The zero-order valence-corrected chi connectivity index (χ0v) is 16.1. The highest BCUT2D eigenvalue weighted by Crippen LogP contribution is 2.29. The molecule has 0 aliphatic heterocycles. The van der Waals surface area contributed by atoms with E-state index < -0.39 is 5.91 Å². The molecule has 28 heavy (non-hydrogen) atoms. The summed E-state index contributed by atoms with van der Waals surface area (Å²) in [4.78, 5) is 37.8. The van der Waals surface area contributed by atoms with Gasteiger partial charge in [0.15, 0.2) is 0 Å². The summed E-state index contributed by atoms with van der Waals surface area (Å²) >= 11 is 5.82. The van der Waals surface area contributed by atoms with E-state index in [0.717, 1.165) is 18.4 Å². The number of rotatable bonds is 8. The number of nitrogens with two attached hydrogens (primary N) is 1. The fourth-order valence-electron chi connectivity index (χ4n) is 2.91. The van der Waals surface area contributed by atoms with Gasteiger partial charge in [-0.15, -0.1) is 0 Å². The van der Waals surface area contributed by atoms with Crippen LogP contribution in [0.3, 0.4) is 0 Å². The van der Waals surface area contributed by atoms with E-state index in [1.54, 1.807) is 36.4 Å². The first-order valence-corrected chi connectivity index (χ1v) is 9.54. The SMILES string of the molecule is NC(=O)c1ccc(CN(C(=O)CCNC(=O)c2ccc(Cl)cc2)C2CC2)cc1. The van der Waals surface area contributed by atoms with Crippen LogP contribution in [0.15, 0.2) is 48.5 Å². The van der Waals surface area contributed by atoms with Gasteiger partial charge in [-0.2, -0.15) is 0 Å². The minimum atomic E-state index is -0.474. The van der Waals surface area contributed by atoms with Crippen LogP contribution in [0.1, 0.15) is 45.5 Å². The molecule has 2 aromatic carbocycles. The first kappa shape index (κ1) is 19.9. The molecule has 0 spiro atoms. The Hall–Kier alpha value is -2.86. The number of benzene rings is 2. The lowest BCUT2D eigenvalue weighted by Gasteiger charge is -2.23. The summed E-state index contributed by atoms with van der Waals surface area (Å²) in [6.07, 6.45) is 2.21. The van der Waals surface area contributed by atoms with Crippen molar-refractivity contribution in [3.05, 3.63) is 70.2 Å². The van der Waals surface area contributed by atoms with Gasteiger partial charge >= 0.3 is 0 Å². The predicted octanol–water partition coefficient (Wildman–Crippen LogP) is 2.75. The summed E-state index contributed by atoms with van der Waals surface area (Å²) in [5, 5.41) is 3.33. The third-order valence-electron chi connectivity index (χ3n) is 4.63. The molecule has 1 saturated carbocycles. The van der Waals surface area contributed by atoms with Crippen molar-refractivity contribution in [2.24, 2.45) is 5.73 Å². The van der Waals surface area contributed by atoms with Gasteiger partial charge in [0.05, 0.1) is 0 Å². The molecule has 0 atom stereocenters. The molecule has 1 aliphatic carbocycles. The fraction of sp³-hybridized carbons (Fsp3) is 0.286. The molecule has 146 valence electrons. The number of nitrogens with one attached hydrogen (secondary N) is 1. The molecule has 0 unspecified atom stereocenters. The standard InChI is InChI=1S/C21H22ClN3O3/c22-17-7-5-16(6-8-17)21(28)24-12-11-19(26)25(18-9-10-18)13-14-1-3-15(4-2-14)20(23)27/h1-8,18H,9-13H2,(H2,23,27)(H,24,28). The van der Waals surface area contributed by atoms with Crippen molar-refractivity contribution in [2.45, 2.75) is 31.8 Å². The third kappa shape index (κ3) is 5.33. The van der Waals surface area contributed by atoms with Crippen LogP contribution < -0.4 is 11.1 Å². The molecule has 0 saturated heterocycles. The minimum Gasteiger partial charge on any atom is -0.366 e. The second-order valence-electron chi connectivity index (χ2n) is 6.83. The molecule has 0 aromatic heterocycles. The van der Waals surface area contributed by atoms with Crippen LogP contribution in [0, 0.1) is 0 Å². The molecule has 0 bridgehead atoms. The van der Waals surface area contributed by atoms with Crippen LogP contribution >= 0.6 is 11.6 Å². The summed E-state index contributed by atoms with van der Waals surface area (Å²) in [5.74, 6) is -0.708. The lowest BCUT2D eigenvalue weighted by Crippen LogP contribution is -2.35. The molecule has 1 aliphatic rings. The van der Waals surface area contributed by atoms with E-state index >= 15 is 0 Å². The number of carbonyl (C=O) groups excluding carboxylic acids is 3. The van der Waals surface area contributed by atoms with E-state index in [0.29, 0.717) is 22.7 Å². The van der Waals surface area contributed by atoms with Crippen LogP contribution in [0.25, 0.3) is 0 Å². The van der Waals surface area contributed by atoms with Crippen LogP contribution in [-0.2, 0) is 11.3 Å². The molecule has 2 aromatic rings. The van der Waals surface area contributed by atoms with Gasteiger partial charge in [-0.3, -0.25) is 14.4 Å². The average Bonchev–Trinajstić information content (AvgIpc) is 3.52. The van der Waals surface area contributed by atoms with Crippen LogP contribution in [-0.4, -0.2) is 35.2 Å². The number of hydrogen-bond acceptors (Lipinski definition) is 3. The highest BCUT2D eigenvalue weighted by Gasteiger charge is 2.32. The first-order valence-electron chi connectivity index (χ1n) is 9.16. The second-order valence-corrected chi connectivity index (χ2v) is 7.26. The molecule has 7 heteroatoms. The topological polar surface area (TPSA) is 92.5 Å². The van der Waals surface area contributed by atoms with Crippen molar-refractivity contribution < 1.29 is 14.4 Å². The number of nitrogens with zero attached hydrogens (tertiary/aromatic N) is 1. The Morgan fingerprint density at radius 3 is 2.18 bits per heavy atom. The number of halogens is 1. The highest BCUT2D eigenvalue weighted by atomic mass is 35.5. The maximum atomic E-state index is 12.6. The quantitative estimate of drug-likeness (QED) is 0.714. The summed E-state index contributed by atoms with van der Waals surface area (Å²) < 4.78 is 0. The second kappa shape index (κ2) is 8.89. The van der Waals surface area contributed by atoms with E-state index in [2.05, 4.69) is 5.32 Å². The summed E-state index contributed by atoms with van der Waals surface area (Å²) in [6.45, 7) is 0.748. The van der Waals surface area contributed by atoms with Crippen molar-refractivity contribution in [3.63, 3.8) is 0 Å². The maximum absolute atomic E-state index is 12.6. The Kier molecular flexibility index (Phi) is 6.31. The number of amides is 3. The van der Waals surface area contributed by atoms with Crippen molar-refractivity contribution in [3.8, 4) is 0 Å². The Balaban J connectivity index is 1.52. The van der Waals surface area contributed by atoms with Crippen molar-refractivity contribution in [1.29, 1.82) is 0 Å². The zero-order valence-electron chi connectivity index (χ0n) is 15.4. The monoisotopic (exact) mass is 399 g/mol. The van der Waals surface area contributed by atoms with E-state index in [1.807, 2.05) is 17.0 Å². The molecule has 3 rings (SSSR count). The van der Waals surface area contributed by atoms with E-state index in [4.69, 9.17) is 17.3 Å².